The van der Waals surface area contributed by atoms with Gasteiger partial charge in [-0.05, 0) is 32.4 Å². The first kappa shape index (κ1) is 14.0. The third-order valence-corrected chi connectivity index (χ3v) is 4.87. The van der Waals surface area contributed by atoms with E-state index in [1.165, 1.54) is 43.9 Å². The molecule has 0 spiro atoms. The van der Waals surface area contributed by atoms with Crippen molar-refractivity contribution in [1.29, 1.82) is 0 Å². The van der Waals surface area contributed by atoms with Crippen LogP contribution < -0.4 is 5.73 Å². The molecule has 5 heteroatoms. The molecule has 0 aromatic carbocycles. The second kappa shape index (κ2) is 7.24. The van der Waals surface area contributed by atoms with Gasteiger partial charge < -0.3 is 10.6 Å². The van der Waals surface area contributed by atoms with E-state index in [0.717, 1.165) is 25.6 Å². The maximum Gasteiger partial charge on any atom is 0.191 e. The highest BCUT2D eigenvalue weighted by atomic mass is 32.2. The zero-order valence-corrected chi connectivity index (χ0v) is 12.3. The number of nitrogens with two attached hydrogens (primary N) is 1. The molecule has 18 heavy (non-hydrogen) atoms. The molecule has 1 unspecified atom stereocenters. The maximum absolute atomic E-state index is 6.10. The van der Waals surface area contributed by atoms with Crippen LogP contribution in [-0.2, 0) is 0 Å². The van der Waals surface area contributed by atoms with Gasteiger partial charge in [-0.3, -0.25) is 9.89 Å². The number of guanidine groups is 1. The smallest absolute Gasteiger partial charge is 0.191 e. The molecule has 0 bridgehead atoms. The molecular formula is C13H26N4S. The Balaban J connectivity index is 1.82. The minimum absolute atomic E-state index is 0.588. The van der Waals surface area contributed by atoms with E-state index in [4.69, 9.17) is 5.73 Å². The van der Waals surface area contributed by atoms with Crippen LogP contribution in [0.15, 0.2) is 4.99 Å². The summed E-state index contributed by atoms with van der Waals surface area (Å²) >= 11 is 2.00. The maximum atomic E-state index is 6.10. The van der Waals surface area contributed by atoms with Crippen molar-refractivity contribution in [2.75, 3.05) is 44.2 Å². The Labute approximate surface area is 115 Å². The lowest BCUT2D eigenvalue weighted by Gasteiger charge is -2.29. The van der Waals surface area contributed by atoms with Crippen molar-refractivity contribution in [3.8, 4) is 0 Å². The molecule has 104 valence electrons. The highest BCUT2D eigenvalue weighted by Crippen LogP contribution is 2.14. The molecule has 2 saturated heterocycles. The molecular weight excluding hydrogens is 244 g/mol. The number of hydrogen-bond donors (Lipinski definition) is 1. The topological polar surface area (TPSA) is 44.9 Å². The highest BCUT2D eigenvalue weighted by Gasteiger charge is 2.20. The zero-order chi connectivity index (χ0) is 12.8. The van der Waals surface area contributed by atoms with Crippen molar-refractivity contribution in [3.05, 3.63) is 0 Å². The second-order valence-electron chi connectivity index (χ2n) is 5.10. The van der Waals surface area contributed by atoms with E-state index in [2.05, 4.69) is 21.7 Å². The first-order valence-corrected chi connectivity index (χ1v) is 8.33. The molecule has 1 atom stereocenters. The van der Waals surface area contributed by atoms with Crippen LogP contribution in [0.4, 0.5) is 0 Å². The molecule has 2 N–H and O–H groups in total. The van der Waals surface area contributed by atoms with Crippen molar-refractivity contribution in [2.45, 2.75) is 32.2 Å². The number of hydrogen-bond acceptors (Lipinski definition) is 3. The number of rotatable bonds is 4. The number of likely N-dealkylation sites (tertiary alicyclic amines) is 1. The van der Waals surface area contributed by atoms with Crippen LogP contribution in [0, 0.1) is 0 Å². The van der Waals surface area contributed by atoms with E-state index in [9.17, 15) is 0 Å². The van der Waals surface area contributed by atoms with Gasteiger partial charge in [-0.15, -0.1) is 0 Å². The van der Waals surface area contributed by atoms with Gasteiger partial charge in [-0.25, -0.2) is 0 Å². The van der Waals surface area contributed by atoms with Gasteiger partial charge in [0.2, 0.25) is 0 Å². The number of aliphatic imine (C=N–C) groups is 1. The summed E-state index contributed by atoms with van der Waals surface area (Å²) < 4.78 is 0. The Morgan fingerprint density at radius 3 is 2.50 bits per heavy atom. The molecule has 0 amide bonds. The van der Waals surface area contributed by atoms with Crippen LogP contribution >= 0.6 is 11.8 Å². The summed E-state index contributed by atoms with van der Waals surface area (Å²) in [5.41, 5.74) is 6.10. The molecule has 0 aromatic heterocycles. The van der Waals surface area contributed by atoms with Gasteiger partial charge >= 0.3 is 0 Å². The Bertz CT molecular complexity index is 270. The van der Waals surface area contributed by atoms with E-state index in [-0.39, 0.29) is 0 Å². The molecule has 0 saturated carbocycles. The molecule has 2 aliphatic heterocycles. The third kappa shape index (κ3) is 3.79. The lowest BCUT2D eigenvalue weighted by atomic mass is 10.2. The summed E-state index contributed by atoms with van der Waals surface area (Å²) in [6.45, 7) is 7.72. The standard InChI is InChI=1S/C13H26N4S/c1-2-12(16-5-3-4-6-16)11-15-13(14)17-7-9-18-10-8-17/h12H,2-11H2,1H3,(H2,14,15). The summed E-state index contributed by atoms with van der Waals surface area (Å²) in [4.78, 5) is 9.43. The van der Waals surface area contributed by atoms with Crippen LogP contribution in [0.5, 0.6) is 0 Å². The van der Waals surface area contributed by atoms with Crippen molar-refractivity contribution in [3.63, 3.8) is 0 Å². The number of thioether (sulfide) groups is 1. The summed E-state index contributed by atoms with van der Waals surface area (Å²) in [7, 11) is 0. The molecule has 2 rings (SSSR count). The SMILES string of the molecule is CCC(CN=C(N)N1CCSCC1)N1CCCC1. The van der Waals surface area contributed by atoms with Crippen molar-refractivity contribution in [1.82, 2.24) is 9.80 Å². The van der Waals surface area contributed by atoms with E-state index in [1.54, 1.807) is 0 Å². The lowest BCUT2D eigenvalue weighted by molar-refractivity contribution is 0.241. The highest BCUT2D eigenvalue weighted by molar-refractivity contribution is 7.99. The summed E-state index contributed by atoms with van der Waals surface area (Å²) in [6, 6.07) is 0.588. The monoisotopic (exact) mass is 270 g/mol. The Hall–Kier alpha value is -0.420. The average Bonchev–Trinajstić information content (AvgIpc) is 2.94. The zero-order valence-electron chi connectivity index (χ0n) is 11.5. The molecule has 2 aliphatic rings. The van der Waals surface area contributed by atoms with E-state index < -0.39 is 0 Å². The van der Waals surface area contributed by atoms with E-state index in [0.29, 0.717) is 6.04 Å². The first-order chi connectivity index (χ1) is 8.81. The Kier molecular flexibility index (Phi) is 5.63. The normalized spacial score (nSPS) is 24.5. The van der Waals surface area contributed by atoms with Crippen molar-refractivity contribution in [2.24, 2.45) is 10.7 Å². The van der Waals surface area contributed by atoms with E-state index in [1.807, 2.05) is 11.8 Å². The lowest BCUT2D eigenvalue weighted by Crippen LogP contribution is -2.43. The number of nitrogens with zero attached hydrogens (tertiary/aromatic N) is 3. The summed E-state index contributed by atoms with van der Waals surface area (Å²) in [5, 5.41) is 0. The minimum Gasteiger partial charge on any atom is -0.370 e. The Morgan fingerprint density at radius 2 is 1.89 bits per heavy atom. The van der Waals surface area contributed by atoms with Crippen LogP contribution in [-0.4, -0.2) is 66.0 Å². The van der Waals surface area contributed by atoms with Gasteiger partial charge in [0.1, 0.15) is 0 Å². The minimum atomic E-state index is 0.588. The first-order valence-electron chi connectivity index (χ1n) is 7.18. The van der Waals surface area contributed by atoms with Gasteiger partial charge in [0, 0.05) is 30.6 Å². The quantitative estimate of drug-likeness (QED) is 0.616. The fraction of sp³-hybridized carbons (Fsp3) is 0.923. The van der Waals surface area contributed by atoms with Crippen LogP contribution in [0.2, 0.25) is 0 Å². The molecule has 0 aliphatic carbocycles. The van der Waals surface area contributed by atoms with Gasteiger partial charge in [0.25, 0.3) is 0 Å². The van der Waals surface area contributed by atoms with E-state index >= 15 is 0 Å². The molecule has 2 heterocycles. The van der Waals surface area contributed by atoms with Crippen molar-refractivity contribution < 1.29 is 0 Å². The molecule has 4 nitrogen and oxygen atoms in total. The predicted molar refractivity (Wildman–Crippen MR) is 80.3 cm³/mol. The fourth-order valence-corrected chi connectivity index (χ4v) is 3.60. The third-order valence-electron chi connectivity index (χ3n) is 3.93. The predicted octanol–water partition coefficient (Wildman–Crippen LogP) is 1.22. The summed E-state index contributed by atoms with van der Waals surface area (Å²) in [6.07, 6.45) is 3.87. The van der Waals surface area contributed by atoms with Gasteiger partial charge in [-0.2, -0.15) is 11.8 Å². The van der Waals surface area contributed by atoms with Gasteiger partial charge in [-0.1, -0.05) is 6.92 Å². The summed E-state index contributed by atoms with van der Waals surface area (Å²) in [5.74, 6) is 3.12. The van der Waals surface area contributed by atoms with Crippen LogP contribution in [0.25, 0.3) is 0 Å². The fourth-order valence-electron chi connectivity index (χ4n) is 2.70. The van der Waals surface area contributed by atoms with Crippen LogP contribution in [0.3, 0.4) is 0 Å². The Morgan fingerprint density at radius 1 is 1.22 bits per heavy atom. The molecule has 2 fully saturated rings. The average molecular weight is 270 g/mol. The molecule has 0 radical (unpaired) electrons. The molecule has 0 aromatic rings. The van der Waals surface area contributed by atoms with Crippen LogP contribution in [0.1, 0.15) is 26.2 Å². The van der Waals surface area contributed by atoms with Gasteiger partial charge in [0.05, 0.1) is 6.54 Å². The largest absolute Gasteiger partial charge is 0.370 e. The second-order valence-corrected chi connectivity index (χ2v) is 6.33. The van der Waals surface area contributed by atoms with Crippen molar-refractivity contribution >= 4 is 17.7 Å². The van der Waals surface area contributed by atoms with Gasteiger partial charge in [0.15, 0.2) is 5.96 Å².